The molecule has 0 fully saturated rings. The Hall–Kier alpha value is -0.690. The van der Waals surface area contributed by atoms with E-state index in [4.69, 9.17) is 5.73 Å². The molecule has 0 heterocycles. The smallest absolute Gasteiger partial charge is 0.184 e. The van der Waals surface area contributed by atoms with E-state index in [0.717, 1.165) is 9.13 Å². The predicted molar refractivity (Wildman–Crippen MR) is 66.7 cm³/mol. The molecule has 1 aromatic carbocycles. The number of thiocarbonyl (C=S) groups is 1. The molecule has 1 rings (SSSR count). The molecular formula is C8H8IN3S. The van der Waals surface area contributed by atoms with Crippen molar-refractivity contribution in [1.29, 1.82) is 0 Å². The van der Waals surface area contributed by atoms with Crippen molar-refractivity contribution in [2.24, 2.45) is 10.8 Å². The van der Waals surface area contributed by atoms with Gasteiger partial charge in [0.1, 0.15) is 0 Å². The van der Waals surface area contributed by atoms with E-state index in [-0.39, 0.29) is 5.11 Å². The maximum absolute atomic E-state index is 5.19. The number of nitrogens with two attached hydrogens (primary N) is 1. The van der Waals surface area contributed by atoms with Crippen LogP contribution in [-0.4, -0.2) is 11.3 Å². The average molecular weight is 305 g/mol. The Bertz CT molecular complexity index is 338. The van der Waals surface area contributed by atoms with Crippen LogP contribution in [0.4, 0.5) is 0 Å². The van der Waals surface area contributed by atoms with E-state index in [1.165, 1.54) is 0 Å². The number of benzene rings is 1. The summed E-state index contributed by atoms with van der Waals surface area (Å²) in [6.07, 6.45) is 1.67. The summed E-state index contributed by atoms with van der Waals surface area (Å²) in [4.78, 5) is 0. The molecule has 0 aromatic heterocycles. The second-order valence-corrected chi connectivity index (χ2v) is 3.97. The fraction of sp³-hybridized carbons (Fsp3) is 0. The summed E-state index contributed by atoms with van der Waals surface area (Å²) in [6.45, 7) is 0. The van der Waals surface area contributed by atoms with Gasteiger partial charge in [0.2, 0.25) is 0 Å². The number of hydrazone groups is 1. The first kappa shape index (κ1) is 10.4. The molecule has 0 aliphatic carbocycles. The van der Waals surface area contributed by atoms with Crippen LogP contribution in [-0.2, 0) is 0 Å². The van der Waals surface area contributed by atoms with Gasteiger partial charge in [-0.25, -0.2) is 0 Å². The Balaban J connectivity index is 2.63. The molecule has 68 valence electrons. The highest BCUT2D eigenvalue weighted by atomic mass is 127. The van der Waals surface area contributed by atoms with Gasteiger partial charge in [-0.1, -0.05) is 12.1 Å². The van der Waals surface area contributed by atoms with Gasteiger partial charge < -0.3 is 5.73 Å². The average Bonchev–Trinajstić information content (AvgIpc) is 2.03. The van der Waals surface area contributed by atoms with Crippen molar-refractivity contribution in [2.45, 2.75) is 0 Å². The minimum atomic E-state index is 0.168. The zero-order valence-electron chi connectivity index (χ0n) is 6.70. The number of hydrogen-bond acceptors (Lipinski definition) is 2. The number of rotatable bonds is 2. The topological polar surface area (TPSA) is 50.4 Å². The first-order valence-corrected chi connectivity index (χ1v) is 5.01. The van der Waals surface area contributed by atoms with Crippen LogP contribution >= 0.6 is 34.8 Å². The Kier molecular flexibility index (Phi) is 4.10. The fourth-order valence-electron chi connectivity index (χ4n) is 0.757. The molecule has 1 aromatic rings. The van der Waals surface area contributed by atoms with Gasteiger partial charge in [-0.3, -0.25) is 5.43 Å². The van der Waals surface area contributed by atoms with Crippen LogP contribution < -0.4 is 11.2 Å². The normalized spacial score (nSPS) is 10.2. The molecule has 0 radical (unpaired) electrons. The summed E-state index contributed by atoms with van der Waals surface area (Å²) < 4.78 is 1.16. The molecule has 0 bridgehead atoms. The van der Waals surface area contributed by atoms with Gasteiger partial charge in [0, 0.05) is 3.57 Å². The van der Waals surface area contributed by atoms with E-state index in [2.05, 4.69) is 45.3 Å². The Morgan fingerprint density at radius 1 is 1.62 bits per heavy atom. The number of nitrogens with one attached hydrogen (secondary N) is 1. The molecule has 13 heavy (non-hydrogen) atoms. The van der Waals surface area contributed by atoms with Crippen molar-refractivity contribution in [3.63, 3.8) is 0 Å². The lowest BCUT2D eigenvalue weighted by Crippen LogP contribution is -2.23. The molecule has 0 saturated carbocycles. The summed E-state index contributed by atoms with van der Waals surface area (Å²) in [5.41, 5.74) is 8.69. The zero-order chi connectivity index (χ0) is 9.68. The van der Waals surface area contributed by atoms with Crippen molar-refractivity contribution >= 4 is 46.1 Å². The van der Waals surface area contributed by atoms with Crippen molar-refractivity contribution in [1.82, 2.24) is 5.43 Å². The molecular weight excluding hydrogens is 297 g/mol. The van der Waals surface area contributed by atoms with Crippen LogP contribution in [0.2, 0.25) is 0 Å². The fourth-order valence-corrected chi connectivity index (χ4v) is 1.38. The third-order valence-electron chi connectivity index (χ3n) is 1.24. The zero-order valence-corrected chi connectivity index (χ0v) is 9.67. The lowest BCUT2D eigenvalue weighted by Gasteiger charge is -1.95. The van der Waals surface area contributed by atoms with E-state index >= 15 is 0 Å². The molecule has 0 atom stereocenters. The maximum atomic E-state index is 5.19. The first-order valence-electron chi connectivity index (χ1n) is 3.52. The molecule has 0 spiro atoms. The van der Waals surface area contributed by atoms with Gasteiger partial charge >= 0.3 is 0 Å². The van der Waals surface area contributed by atoms with Crippen LogP contribution in [0.25, 0.3) is 0 Å². The van der Waals surface area contributed by atoms with Gasteiger partial charge in [0.05, 0.1) is 6.21 Å². The van der Waals surface area contributed by atoms with Crippen LogP contribution in [0.1, 0.15) is 5.56 Å². The van der Waals surface area contributed by atoms with Crippen molar-refractivity contribution in [3.05, 3.63) is 33.4 Å². The first-order chi connectivity index (χ1) is 6.18. The van der Waals surface area contributed by atoms with Crippen molar-refractivity contribution < 1.29 is 0 Å². The summed E-state index contributed by atoms with van der Waals surface area (Å²) in [6, 6.07) is 7.93. The largest absolute Gasteiger partial charge is 0.375 e. The molecule has 5 heteroatoms. The summed E-state index contributed by atoms with van der Waals surface area (Å²) in [7, 11) is 0. The third-order valence-corrected chi connectivity index (χ3v) is 2.00. The van der Waals surface area contributed by atoms with Crippen LogP contribution in [0.5, 0.6) is 0 Å². The van der Waals surface area contributed by atoms with E-state index in [1.807, 2.05) is 24.3 Å². The number of nitrogens with zero attached hydrogens (tertiary/aromatic N) is 1. The minimum absolute atomic E-state index is 0.168. The van der Waals surface area contributed by atoms with Crippen molar-refractivity contribution in [2.75, 3.05) is 0 Å². The monoisotopic (exact) mass is 305 g/mol. The Morgan fingerprint density at radius 2 is 2.38 bits per heavy atom. The lowest BCUT2D eigenvalue weighted by molar-refractivity contribution is 1.04. The highest BCUT2D eigenvalue weighted by Crippen LogP contribution is 2.05. The standard InChI is InChI=1S/C8H8IN3S/c9-7-3-1-2-6(4-7)5-11-12-8(10)13/h1-5H,(H3,10,12,13)/b11-5+. The second kappa shape index (κ2) is 5.13. The summed E-state index contributed by atoms with van der Waals surface area (Å²) in [5, 5.41) is 4.01. The SMILES string of the molecule is NC(=S)N/N=C/c1cccc(I)c1. The molecule has 0 aliphatic rings. The van der Waals surface area contributed by atoms with Gasteiger partial charge in [0.15, 0.2) is 5.11 Å². The van der Waals surface area contributed by atoms with E-state index in [1.54, 1.807) is 6.21 Å². The van der Waals surface area contributed by atoms with E-state index in [9.17, 15) is 0 Å². The van der Waals surface area contributed by atoms with Crippen LogP contribution in [0, 0.1) is 3.57 Å². The molecule has 0 amide bonds. The maximum Gasteiger partial charge on any atom is 0.184 e. The van der Waals surface area contributed by atoms with Crippen LogP contribution in [0.3, 0.4) is 0 Å². The highest BCUT2D eigenvalue weighted by Gasteiger charge is 1.88. The quantitative estimate of drug-likeness (QED) is 0.376. The lowest BCUT2D eigenvalue weighted by atomic mass is 10.2. The molecule has 0 unspecified atom stereocenters. The molecule has 3 N–H and O–H groups in total. The molecule has 0 saturated heterocycles. The number of halogens is 1. The Morgan fingerprint density at radius 3 is 3.00 bits per heavy atom. The van der Waals surface area contributed by atoms with Gasteiger partial charge in [-0.2, -0.15) is 5.10 Å². The number of hydrogen-bond donors (Lipinski definition) is 2. The third kappa shape index (κ3) is 4.18. The van der Waals surface area contributed by atoms with E-state index in [0.29, 0.717) is 0 Å². The minimum Gasteiger partial charge on any atom is -0.375 e. The van der Waals surface area contributed by atoms with Gasteiger partial charge in [0.25, 0.3) is 0 Å². The second-order valence-electron chi connectivity index (χ2n) is 2.29. The van der Waals surface area contributed by atoms with E-state index < -0.39 is 0 Å². The van der Waals surface area contributed by atoms with Gasteiger partial charge in [-0.15, -0.1) is 0 Å². The summed E-state index contributed by atoms with van der Waals surface area (Å²) >= 11 is 6.83. The van der Waals surface area contributed by atoms with Crippen LogP contribution in [0.15, 0.2) is 29.4 Å². The predicted octanol–water partition coefficient (Wildman–Crippen LogP) is 1.46. The highest BCUT2D eigenvalue weighted by molar-refractivity contribution is 14.1. The van der Waals surface area contributed by atoms with Crippen molar-refractivity contribution in [3.8, 4) is 0 Å². The summed E-state index contributed by atoms with van der Waals surface area (Å²) in [5.74, 6) is 0. The molecule has 0 aliphatic heterocycles. The molecule has 3 nitrogen and oxygen atoms in total. The van der Waals surface area contributed by atoms with Gasteiger partial charge in [-0.05, 0) is 52.5 Å². The Labute approximate surface area is 95.5 Å².